The molecular weight excluding hydrogens is 292 g/mol. The predicted molar refractivity (Wildman–Crippen MR) is 80.4 cm³/mol. The van der Waals surface area contributed by atoms with Gasteiger partial charge in [0.15, 0.2) is 0 Å². The van der Waals surface area contributed by atoms with Gasteiger partial charge in [0.25, 0.3) is 0 Å². The maximum absolute atomic E-state index is 3.83. The van der Waals surface area contributed by atoms with Crippen molar-refractivity contribution in [3.05, 3.63) is 56.8 Å². The highest BCUT2D eigenvalue weighted by atomic mass is 79.9. The molecule has 0 nitrogen and oxygen atoms in total. The van der Waals surface area contributed by atoms with Crippen LogP contribution in [0.1, 0.15) is 38.2 Å². The summed E-state index contributed by atoms with van der Waals surface area (Å²) in [5.41, 5.74) is 4.13. The normalized spacial score (nSPS) is 12.7. The van der Waals surface area contributed by atoms with Gasteiger partial charge < -0.3 is 0 Å². The second-order valence-corrected chi connectivity index (χ2v) is 6.42. The van der Waals surface area contributed by atoms with Crippen LogP contribution in [0.3, 0.4) is 0 Å². The first-order valence-corrected chi connectivity index (χ1v) is 7.65. The SMILES string of the molecule is CCc1ccc(C(Br)c2cccc(C)c2C)s1. The van der Waals surface area contributed by atoms with Crippen LogP contribution in [-0.4, -0.2) is 0 Å². The van der Waals surface area contributed by atoms with Crippen molar-refractivity contribution < 1.29 is 0 Å². The van der Waals surface area contributed by atoms with Crippen molar-refractivity contribution in [1.29, 1.82) is 0 Å². The summed E-state index contributed by atoms with van der Waals surface area (Å²) >= 11 is 5.74. The second kappa shape index (κ2) is 5.36. The molecule has 0 saturated heterocycles. The van der Waals surface area contributed by atoms with E-state index in [1.807, 2.05) is 11.3 Å². The van der Waals surface area contributed by atoms with E-state index in [1.54, 1.807) is 0 Å². The fourth-order valence-electron chi connectivity index (χ4n) is 1.92. The molecule has 0 saturated carbocycles. The molecule has 17 heavy (non-hydrogen) atoms. The average Bonchev–Trinajstić information content (AvgIpc) is 2.80. The van der Waals surface area contributed by atoms with E-state index in [0.29, 0.717) is 4.83 Å². The molecule has 90 valence electrons. The zero-order chi connectivity index (χ0) is 12.4. The van der Waals surface area contributed by atoms with Crippen LogP contribution in [0.5, 0.6) is 0 Å². The first kappa shape index (κ1) is 12.8. The highest BCUT2D eigenvalue weighted by Crippen LogP contribution is 2.37. The third kappa shape index (κ3) is 2.63. The Balaban J connectivity index is 2.36. The quantitative estimate of drug-likeness (QED) is 0.665. The van der Waals surface area contributed by atoms with Crippen LogP contribution < -0.4 is 0 Å². The molecule has 0 N–H and O–H groups in total. The van der Waals surface area contributed by atoms with Gasteiger partial charge in [-0.3, -0.25) is 0 Å². The van der Waals surface area contributed by atoms with E-state index in [0.717, 1.165) is 6.42 Å². The van der Waals surface area contributed by atoms with Crippen LogP contribution in [0.15, 0.2) is 30.3 Å². The molecule has 0 aliphatic rings. The summed E-state index contributed by atoms with van der Waals surface area (Å²) in [4.78, 5) is 3.18. The topological polar surface area (TPSA) is 0 Å². The molecule has 2 heteroatoms. The molecule has 0 spiro atoms. The number of hydrogen-bond acceptors (Lipinski definition) is 1. The van der Waals surface area contributed by atoms with Gasteiger partial charge in [-0.05, 0) is 49.1 Å². The summed E-state index contributed by atoms with van der Waals surface area (Å²) in [5.74, 6) is 0. The molecule has 0 bridgehead atoms. The lowest BCUT2D eigenvalue weighted by Crippen LogP contribution is -1.95. The van der Waals surface area contributed by atoms with Crippen molar-refractivity contribution in [3.63, 3.8) is 0 Å². The van der Waals surface area contributed by atoms with Gasteiger partial charge >= 0.3 is 0 Å². The van der Waals surface area contributed by atoms with Crippen LogP contribution in [0.25, 0.3) is 0 Å². The molecule has 1 aromatic carbocycles. The maximum atomic E-state index is 3.83. The van der Waals surface area contributed by atoms with Gasteiger partial charge in [-0.1, -0.05) is 41.1 Å². The van der Waals surface area contributed by atoms with Gasteiger partial charge in [-0.25, -0.2) is 0 Å². The molecule has 1 unspecified atom stereocenters. The minimum Gasteiger partial charge on any atom is -0.144 e. The molecule has 0 fully saturated rings. The van der Waals surface area contributed by atoms with E-state index in [1.165, 1.54) is 26.4 Å². The summed E-state index contributed by atoms with van der Waals surface area (Å²) in [6.07, 6.45) is 1.12. The third-order valence-corrected chi connectivity index (χ3v) is 5.78. The summed E-state index contributed by atoms with van der Waals surface area (Å²) < 4.78 is 0. The maximum Gasteiger partial charge on any atom is 0.0740 e. The molecule has 2 aromatic rings. The smallest absolute Gasteiger partial charge is 0.0740 e. The molecule has 2 rings (SSSR count). The molecule has 1 aromatic heterocycles. The Kier molecular flexibility index (Phi) is 4.05. The Labute approximate surface area is 116 Å². The number of thiophene rings is 1. The van der Waals surface area contributed by atoms with Crippen LogP contribution in [0, 0.1) is 13.8 Å². The molecule has 0 radical (unpaired) electrons. The monoisotopic (exact) mass is 308 g/mol. The Bertz CT molecular complexity index is 513. The second-order valence-electron chi connectivity index (χ2n) is 4.31. The highest BCUT2D eigenvalue weighted by molar-refractivity contribution is 9.09. The van der Waals surface area contributed by atoms with E-state index in [2.05, 4.69) is 67.0 Å². The van der Waals surface area contributed by atoms with Gasteiger partial charge in [-0.15, -0.1) is 11.3 Å². The zero-order valence-corrected chi connectivity index (χ0v) is 12.9. The Morgan fingerprint density at radius 1 is 1.18 bits per heavy atom. The minimum atomic E-state index is 0.327. The van der Waals surface area contributed by atoms with Crippen molar-refractivity contribution >= 4 is 27.3 Å². The standard InChI is InChI=1S/C15H17BrS/c1-4-12-8-9-14(17-12)15(16)13-7-5-6-10(2)11(13)3/h5-9,15H,4H2,1-3H3. The molecule has 0 amide bonds. The molecular formula is C15H17BrS. The number of hydrogen-bond donors (Lipinski definition) is 0. The lowest BCUT2D eigenvalue weighted by Gasteiger charge is -2.13. The van der Waals surface area contributed by atoms with Crippen LogP contribution in [0.4, 0.5) is 0 Å². The lowest BCUT2D eigenvalue weighted by molar-refractivity contribution is 1.15. The van der Waals surface area contributed by atoms with Gasteiger partial charge in [0, 0.05) is 9.75 Å². The summed E-state index contributed by atoms with van der Waals surface area (Å²) in [5, 5.41) is 0. The summed E-state index contributed by atoms with van der Waals surface area (Å²) in [6.45, 7) is 6.58. The van der Waals surface area contributed by atoms with Crippen molar-refractivity contribution in [2.75, 3.05) is 0 Å². The van der Waals surface area contributed by atoms with Crippen molar-refractivity contribution in [3.8, 4) is 0 Å². The zero-order valence-electron chi connectivity index (χ0n) is 10.5. The molecule has 1 heterocycles. The predicted octanol–water partition coefficient (Wildman–Crippen LogP) is 5.41. The van der Waals surface area contributed by atoms with E-state index in [9.17, 15) is 0 Å². The summed E-state index contributed by atoms with van der Waals surface area (Å²) in [7, 11) is 0. The molecule has 1 atom stereocenters. The lowest BCUT2D eigenvalue weighted by atomic mass is 10.0. The fourth-order valence-corrected chi connectivity index (χ4v) is 3.80. The average molecular weight is 309 g/mol. The van der Waals surface area contributed by atoms with Crippen LogP contribution >= 0.6 is 27.3 Å². The van der Waals surface area contributed by atoms with Gasteiger partial charge in [0.2, 0.25) is 0 Å². The van der Waals surface area contributed by atoms with E-state index in [4.69, 9.17) is 0 Å². The fraction of sp³-hybridized carbons (Fsp3) is 0.333. The van der Waals surface area contributed by atoms with Crippen LogP contribution in [-0.2, 0) is 6.42 Å². The van der Waals surface area contributed by atoms with E-state index in [-0.39, 0.29) is 0 Å². The van der Waals surface area contributed by atoms with Gasteiger partial charge in [-0.2, -0.15) is 0 Å². The Hall–Kier alpha value is -0.600. The van der Waals surface area contributed by atoms with Crippen LogP contribution in [0.2, 0.25) is 0 Å². The number of aryl methyl sites for hydroxylation is 2. The Morgan fingerprint density at radius 3 is 2.59 bits per heavy atom. The Morgan fingerprint density at radius 2 is 1.94 bits per heavy atom. The third-order valence-electron chi connectivity index (χ3n) is 3.20. The molecule has 0 aliphatic heterocycles. The van der Waals surface area contributed by atoms with Crippen molar-refractivity contribution in [2.24, 2.45) is 0 Å². The molecule has 0 aliphatic carbocycles. The summed E-state index contributed by atoms with van der Waals surface area (Å²) in [6, 6.07) is 11.0. The number of rotatable bonds is 3. The minimum absolute atomic E-state index is 0.327. The number of halogens is 1. The first-order valence-electron chi connectivity index (χ1n) is 5.92. The van der Waals surface area contributed by atoms with Crippen molar-refractivity contribution in [2.45, 2.75) is 32.0 Å². The highest BCUT2D eigenvalue weighted by Gasteiger charge is 2.15. The first-order chi connectivity index (χ1) is 8.13. The van der Waals surface area contributed by atoms with Crippen molar-refractivity contribution in [1.82, 2.24) is 0 Å². The van der Waals surface area contributed by atoms with E-state index >= 15 is 0 Å². The number of alkyl halides is 1. The largest absolute Gasteiger partial charge is 0.144 e. The van der Waals surface area contributed by atoms with Gasteiger partial charge in [0.1, 0.15) is 0 Å². The van der Waals surface area contributed by atoms with E-state index < -0.39 is 0 Å². The number of benzene rings is 1. The van der Waals surface area contributed by atoms with Gasteiger partial charge in [0.05, 0.1) is 4.83 Å².